The molecular formula is C19H14N6O2. The van der Waals surface area contributed by atoms with E-state index in [0.29, 0.717) is 34.7 Å². The molecule has 0 amide bonds. The fraction of sp³-hybridized carbons (Fsp3) is 0.105. The number of aromatic nitrogens is 4. The Kier molecular flexibility index (Phi) is 3.90. The van der Waals surface area contributed by atoms with Crippen LogP contribution in [0.3, 0.4) is 0 Å². The van der Waals surface area contributed by atoms with Gasteiger partial charge in [0.1, 0.15) is 17.0 Å². The van der Waals surface area contributed by atoms with Crippen LogP contribution in [-0.4, -0.2) is 19.5 Å². The number of furan rings is 1. The molecule has 3 heterocycles. The molecule has 0 aliphatic heterocycles. The molecule has 0 fully saturated rings. The van der Waals surface area contributed by atoms with E-state index in [1.165, 1.54) is 10.8 Å². The van der Waals surface area contributed by atoms with Crippen LogP contribution < -0.4 is 11.3 Å². The van der Waals surface area contributed by atoms with Gasteiger partial charge in [-0.25, -0.2) is 9.97 Å². The molecule has 0 spiro atoms. The molecule has 1 aliphatic carbocycles. The maximum atomic E-state index is 12.4. The number of hydrogen-bond acceptors (Lipinski definition) is 7. The molecular weight excluding hydrogens is 344 g/mol. The van der Waals surface area contributed by atoms with Crippen molar-refractivity contribution in [2.24, 2.45) is 0 Å². The Labute approximate surface area is 153 Å². The van der Waals surface area contributed by atoms with Crippen molar-refractivity contribution in [1.29, 1.82) is 5.26 Å². The molecule has 27 heavy (non-hydrogen) atoms. The van der Waals surface area contributed by atoms with Gasteiger partial charge in [-0.15, -0.1) is 0 Å². The van der Waals surface area contributed by atoms with Gasteiger partial charge in [-0.1, -0.05) is 12.2 Å². The average molecular weight is 358 g/mol. The second kappa shape index (κ2) is 6.38. The molecule has 0 saturated heterocycles. The van der Waals surface area contributed by atoms with Crippen LogP contribution >= 0.6 is 0 Å². The van der Waals surface area contributed by atoms with E-state index in [2.05, 4.69) is 21.0 Å². The second-order valence-corrected chi connectivity index (χ2v) is 6.02. The predicted molar refractivity (Wildman–Crippen MR) is 100 cm³/mol. The Morgan fingerprint density at radius 1 is 1.37 bits per heavy atom. The molecule has 132 valence electrons. The summed E-state index contributed by atoms with van der Waals surface area (Å²) in [5, 5.41) is 9.10. The lowest BCUT2D eigenvalue weighted by Gasteiger charge is -2.10. The monoisotopic (exact) mass is 358 g/mol. The predicted octanol–water partition coefficient (Wildman–Crippen LogP) is 2.59. The van der Waals surface area contributed by atoms with Crippen LogP contribution in [0, 0.1) is 18.3 Å². The molecule has 1 aliphatic rings. The minimum atomic E-state index is -0.365. The summed E-state index contributed by atoms with van der Waals surface area (Å²) in [7, 11) is 0. The fourth-order valence-corrected chi connectivity index (χ4v) is 2.85. The van der Waals surface area contributed by atoms with Crippen LogP contribution in [-0.2, 0) is 0 Å². The molecule has 3 aromatic rings. The van der Waals surface area contributed by atoms with Crippen molar-refractivity contribution in [3.05, 3.63) is 63.8 Å². The van der Waals surface area contributed by atoms with Crippen LogP contribution in [0.1, 0.15) is 12.2 Å². The Morgan fingerprint density at radius 3 is 2.96 bits per heavy atom. The van der Waals surface area contributed by atoms with Crippen LogP contribution in [0.15, 0.2) is 56.9 Å². The highest BCUT2D eigenvalue weighted by atomic mass is 16.3. The Hall–Kier alpha value is -3.99. The normalized spacial score (nSPS) is 15.1. The second-order valence-electron chi connectivity index (χ2n) is 6.02. The Morgan fingerprint density at radius 2 is 2.22 bits per heavy atom. The summed E-state index contributed by atoms with van der Waals surface area (Å²) in [5.41, 5.74) is 7.98. The third-order valence-electron chi connectivity index (χ3n) is 4.07. The van der Waals surface area contributed by atoms with Crippen molar-refractivity contribution in [1.82, 2.24) is 19.5 Å². The van der Waals surface area contributed by atoms with Gasteiger partial charge in [0.25, 0.3) is 5.56 Å². The van der Waals surface area contributed by atoms with Gasteiger partial charge in [0.2, 0.25) is 5.95 Å². The van der Waals surface area contributed by atoms with E-state index in [9.17, 15) is 4.79 Å². The minimum Gasteiger partial charge on any atom is -0.460 e. The zero-order valence-electron chi connectivity index (χ0n) is 14.4. The third-order valence-corrected chi connectivity index (χ3v) is 4.07. The van der Waals surface area contributed by atoms with Crippen LogP contribution in [0.2, 0.25) is 0 Å². The van der Waals surface area contributed by atoms with Crippen molar-refractivity contribution in [2.75, 3.05) is 5.73 Å². The van der Waals surface area contributed by atoms with E-state index in [1.54, 1.807) is 30.5 Å². The van der Waals surface area contributed by atoms with Crippen molar-refractivity contribution in [3.8, 4) is 17.5 Å². The van der Waals surface area contributed by atoms with E-state index >= 15 is 0 Å². The lowest BCUT2D eigenvalue weighted by atomic mass is 10.0. The number of allylic oxidation sites excluding steroid dienone is 5. The molecule has 0 bridgehead atoms. The van der Waals surface area contributed by atoms with Gasteiger partial charge in [0.15, 0.2) is 11.4 Å². The topological polar surface area (TPSA) is 124 Å². The molecule has 0 radical (unpaired) electrons. The summed E-state index contributed by atoms with van der Waals surface area (Å²) in [6, 6.07) is 5.69. The average Bonchev–Trinajstić information content (AvgIpc) is 3.10. The van der Waals surface area contributed by atoms with Crippen LogP contribution in [0.5, 0.6) is 0 Å². The third kappa shape index (κ3) is 3.02. The SMILES string of the molecule is Cc1ccc(-c2nc(N)nc3c2ncc(=O)n3C=C2C=CC=C(C#N)C2)o1. The highest BCUT2D eigenvalue weighted by Gasteiger charge is 2.16. The summed E-state index contributed by atoms with van der Waals surface area (Å²) >= 11 is 0. The maximum Gasteiger partial charge on any atom is 0.274 e. The van der Waals surface area contributed by atoms with Gasteiger partial charge >= 0.3 is 0 Å². The molecule has 4 rings (SSSR count). The molecule has 0 saturated carbocycles. The number of aryl methyl sites for hydroxylation is 1. The number of rotatable bonds is 2. The first-order chi connectivity index (χ1) is 13.0. The van der Waals surface area contributed by atoms with Gasteiger partial charge in [-0.3, -0.25) is 9.36 Å². The lowest BCUT2D eigenvalue weighted by molar-refractivity contribution is 0.547. The molecule has 0 atom stereocenters. The van der Waals surface area contributed by atoms with Crippen molar-refractivity contribution >= 4 is 23.3 Å². The Balaban J connectivity index is 1.95. The zero-order chi connectivity index (χ0) is 19.0. The fourth-order valence-electron chi connectivity index (χ4n) is 2.85. The van der Waals surface area contributed by atoms with Crippen molar-refractivity contribution in [3.63, 3.8) is 0 Å². The van der Waals surface area contributed by atoms with E-state index in [-0.39, 0.29) is 17.2 Å². The van der Waals surface area contributed by atoms with E-state index < -0.39 is 0 Å². The van der Waals surface area contributed by atoms with Crippen molar-refractivity contribution < 1.29 is 4.42 Å². The Bertz CT molecular complexity index is 1250. The van der Waals surface area contributed by atoms with E-state index in [0.717, 1.165) is 5.57 Å². The van der Waals surface area contributed by atoms with Gasteiger partial charge in [0.05, 0.1) is 12.3 Å². The first kappa shape index (κ1) is 16.5. The number of nitrogens with two attached hydrogens (primary N) is 1. The van der Waals surface area contributed by atoms with Gasteiger partial charge in [-0.05, 0) is 30.7 Å². The summed E-state index contributed by atoms with van der Waals surface area (Å²) < 4.78 is 7.00. The van der Waals surface area contributed by atoms with Gasteiger partial charge < -0.3 is 10.2 Å². The first-order valence-corrected chi connectivity index (χ1v) is 8.15. The summed E-state index contributed by atoms with van der Waals surface area (Å²) in [4.78, 5) is 25.1. The summed E-state index contributed by atoms with van der Waals surface area (Å²) in [6.45, 7) is 1.82. The number of nitrogen functional groups attached to an aromatic ring is 1. The number of hydrogen-bond donors (Lipinski definition) is 1. The number of nitrogens with zero attached hydrogens (tertiary/aromatic N) is 5. The standard InChI is InChI=1S/C19H14N6O2/c1-11-5-6-14(27-11)16-17-18(24-19(21)23-16)25(15(26)9-22-17)10-13-4-2-3-12(7-13)8-20/h2-6,9-10H,7H2,1H3,(H2,21,23,24). The number of anilines is 1. The summed E-state index contributed by atoms with van der Waals surface area (Å²) in [5.74, 6) is 1.21. The smallest absolute Gasteiger partial charge is 0.274 e. The molecule has 0 aromatic carbocycles. The maximum absolute atomic E-state index is 12.4. The zero-order valence-corrected chi connectivity index (χ0v) is 14.4. The number of nitriles is 1. The van der Waals surface area contributed by atoms with Gasteiger partial charge in [0, 0.05) is 18.2 Å². The van der Waals surface area contributed by atoms with Gasteiger partial charge in [-0.2, -0.15) is 10.2 Å². The molecule has 8 nitrogen and oxygen atoms in total. The van der Waals surface area contributed by atoms with Crippen LogP contribution in [0.4, 0.5) is 5.95 Å². The minimum absolute atomic E-state index is 0.00268. The molecule has 2 N–H and O–H groups in total. The molecule has 8 heteroatoms. The first-order valence-electron chi connectivity index (χ1n) is 8.15. The summed E-state index contributed by atoms with van der Waals surface area (Å²) in [6.07, 6.45) is 8.60. The quantitative estimate of drug-likeness (QED) is 0.746. The van der Waals surface area contributed by atoms with E-state index in [4.69, 9.17) is 15.4 Å². The molecule has 0 unspecified atom stereocenters. The molecule has 3 aromatic heterocycles. The highest BCUT2D eigenvalue weighted by molar-refractivity contribution is 5.87. The van der Waals surface area contributed by atoms with Crippen molar-refractivity contribution in [2.45, 2.75) is 13.3 Å². The van der Waals surface area contributed by atoms with Crippen LogP contribution in [0.25, 0.3) is 28.8 Å². The largest absolute Gasteiger partial charge is 0.460 e. The number of fused-ring (bicyclic) bond motifs is 1. The van der Waals surface area contributed by atoms with E-state index in [1.807, 2.05) is 13.0 Å². The lowest BCUT2D eigenvalue weighted by Crippen LogP contribution is -2.18. The highest BCUT2D eigenvalue weighted by Crippen LogP contribution is 2.27.